The molecule has 1 rings (SSSR count). The maximum atomic E-state index is 5.59. The van der Waals surface area contributed by atoms with Crippen LogP contribution in [0.3, 0.4) is 0 Å². The van der Waals surface area contributed by atoms with Gasteiger partial charge in [-0.1, -0.05) is 17.7 Å². The van der Waals surface area contributed by atoms with Crippen LogP contribution in [-0.4, -0.2) is 11.6 Å². The minimum absolute atomic E-state index is 0.464. The predicted molar refractivity (Wildman–Crippen MR) is 40.4 cm³/mol. The molecule has 0 fully saturated rings. The molecule has 3 heteroatoms. The number of hydrogen-bond acceptors (Lipinski definition) is 2. The van der Waals surface area contributed by atoms with Gasteiger partial charge >= 0.3 is 0 Å². The van der Waals surface area contributed by atoms with Gasteiger partial charge < -0.3 is 4.74 Å². The zero-order chi connectivity index (χ0) is 7.40. The summed E-state index contributed by atoms with van der Waals surface area (Å²) in [6.07, 6.45) is 0. The Hall–Kier alpha value is -0.760. The summed E-state index contributed by atoms with van der Waals surface area (Å²) in [5.74, 6) is 0.579. The first-order valence-corrected chi connectivity index (χ1v) is 3.46. The van der Waals surface area contributed by atoms with Crippen molar-refractivity contribution in [3.05, 3.63) is 23.4 Å². The molecule has 0 bridgehead atoms. The molecule has 0 aromatic carbocycles. The van der Waals surface area contributed by atoms with Gasteiger partial charge in [0.15, 0.2) is 0 Å². The fourth-order valence-corrected chi connectivity index (χ4v) is 0.774. The molecule has 0 unspecified atom stereocenters. The molecule has 1 heterocycles. The van der Waals surface area contributed by atoms with Gasteiger partial charge in [0.25, 0.3) is 0 Å². The van der Waals surface area contributed by atoms with E-state index >= 15 is 0 Å². The summed E-state index contributed by atoms with van der Waals surface area (Å²) in [6, 6.07) is 5.29. The summed E-state index contributed by atoms with van der Waals surface area (Å²) < 4.78 is 5.09. The monoisotopic (exact) mass is 157 g/mol. The lowest BCUT2D eigenvalue weighted by Gasteiger charge is -1.99. The lowest BCUT2D eigenvalue weighted by molar-refractivity contribution is 0.327. The highest BCUT2D eigenvalue weighted by molar-refractivity contribution is 6.29. The molecule has 0 aliphatic heterocycles. The highest BCUT2D eigenvalue weighted by atomic mass is 35.5. The number of aromatic nitrogens is 1. The van der Waals surface area contributed by atoms with Gasteiger partial charge in [0, 0.05) is 6.07 Å². The number of ether oxygens (including phenoxy) is 1. The average Bonchev–Trinajstić information content (AvgIpc) is 1.88. The maximum Gasteiger partial charge on any atom is 0.214 e. The second-order valence-electron chi connectivity index (χ2n) is 1.73. The van der Waals surface area contributed by atoms with E-state index in [1.165, 1.54) is 0 Å². The van der Waals surface area contributed by atoms with Crippen molar-refractivity contribution in [2.24, 2.45) is 0 Å². The zero-order valence-electron chi connectivity index (χ0n) is 5.67. The van der Waals surface area contributed by atoms with Gasteiger partial charge in [-0.15, -0.1) is 0 Å². The molecule has 0 amide bonds. The molecule has 0 N–H and O–H groups in total. The van der Waals surface area contributed by atoms with Crippen molar-refractivity contribution in [3.63, 3.8) is 0 Å². The van der Waals surface area contributed by atoms with Crippen LogP contribution < -0.4 is 4.74 Å². The van der Waals surface area contributed by atoms with E-state index in [0.717, 1.165) is 0 Å². The van der Waals surface area contributed by atoms with Crippen molar-refractivity contribution in [3.8, 4) is 5.88 Å². The highest BCUT2D eigenvalue weighted by Gasteiger charge is 1.92. The Morgan fingerprint density at radius 1 is 1.60 bits per heavy atom. The van der Waals surface area contributed by atoms with Crippen molar-refractivity contribution >= 4 is 11.6 Å². The van der Waals surface area contributed by atoms with E-state index < -0.39 is 0 Å². The molecule has 0 spiro atoms. The summed E-state index contributed by atoms with van der Waals surface area (Å²) in [5.41, 5.74) is 0. The molecule has 2 nitrogen and oxygen atoms in total. The number of nitrogens with zero attached hydrogens (tertiary/aromatic N) is 1. The Labute approximate surface area is 64.8 Å². The van der Waals surface area contributed by atoms with Gasteiger partial charge in [-0.2, -0.15) is 0 Å². The van der Waals surface area contributed by atoms with E-state index in [-0.39, 0.29) is 0 Å². The molecule has 0 saturated carbocycles. The summed E-state index contributed by atoms with van der Waals surface area (Å²) >= 11 is 5.59. The van der Waals surface area contributed by atoms with Crippen molar-refractivity contribution in [1.82, 2.24) is 4.98 Å². The van der Waals surface area contributed by atoms with E-state index in [0.29, 0.717) is 17.6 Å². The molecular formula is C7H8ClNO. The largest absolute Gasteiger partial charge is 0.478 e. The average molecular weight is 158 g/mol. The third kappa shape index (κ3) is 1.88. The van der Waals surface area contributed by atoms with Gasteiger partial charge in [0.2, 0.25) is 5.88 Å². The van der Waals surface area contributed by atoms with Crippen LogP contribution in [0.1, 0.15) is 6.92 Å². The topological polar surface area (TPSA) is 22.1 Å². The smallest absolute Gasteiger partial charge is 0.214 e. The predicted octanol–water partition coefficient (Wildman–Crippen LogP) is 2.13. The minimum Gasteiger partial charge on any atom is -0.478 e. The van der Waals surface area contributed by atoms with Gasteiger partial charge in [0.05, 0.1) is 6.61 Å². The summed E-state index contributed by atoms with van der Waals surface area (Å²) in [5, 5.41) is 0.464. The third-order valence-electron chi connectivity index (χ3n) is 0.982. The Morgan fingerprint density at radius 3 is 3.00 bits per heavy atom. The van der Waals surface area contributed by atoms with Crippen LogP contribution in [0.4, 0.5) is 0 Å². The molecule has 0 radical (unpaired) electrons. The molecule has 0 aliphatic rings. The van der Waals surface area contributed by atoms with E-state index in [4.69, 9.17) is 16.3 Å². The van der Waals surface area contributed by atoms with Crippen LogP contribution in [0.15, 0.2) is 18.2 Å². The number of hydrogen-bond donors (Lipinski definition) is 0. The molecule has 54 valence electrons. The van der Waals surface area contributed by atoms with Gasteiger partial charge in [-0.05, 0) is 13.0 Å². The number of rotatable bonds is 2. The summed E-state index contributed by atoms with van der Waals surface area (Å²) in [6.45, 7) is 2.52. The third-order valence-corrected chi connectivity index (χ3v) is 1.19. The fraction of sp³-hybridized carbons (Fsp3) is 0.286. The first-order chi connectivity index (χ1) is 4.83. The van der Waals surface area contributed by atoms with Gasteiger partial charge in [0.1, 0.15) is 5.15 Å². The second kappa shape index (κ2) is 3.42. The Morgan fingerprint density at radius 2 is 2.40 bits per heavy atom. The van der Waals surface area contributed by atoms with Crippen LogP contribution in [-0.2, 0) is 0 Å². The van der Waals surface area contributed by atoms with E-state index in [1.54, 1.807) is 18.2 Å². The van der Waals surface area contributed by atoms with Crippen LogP contribution in [0.5, 0.6) is 5.88 Å². The first kappa shape index (κ1) is 7.35. The molecule has 0 saturated heterocycles. The van der Waals surface area contributed by atoms with Crippen LogP contribution >= 0.6 is 11.6 Å². The summed E-state index contributed by atoms with van der Waals surface area (Å²) in [4.78, 5) is 3.91. The lowest BCUT2D eigenvalue weighted by Crippen LogP contribution is -1.93. The number of halogens is 1. The quantitative estimate of drug-likeness (QED) is 0.614. The molecule has 0 atom stereocenters. The lowest BCUT2D eigenvalue weighted by atomic mass is 10.5. The van der Waals surface area contributed by atoms with Crippen molar-refractivity contribution in [2.75, 3.05) is 6.61 Å². The highest BCUT2D eigenvalue weighted by Crippen LogP contribution is 2.10. The molecule has 1 aromatic rings. The van der Waals surface area contributed by atoms with Crippen molar-refractivity contribution in [1.29, 1.82) is 0 Å². The zero-order valence-corrected chi connectivity index (χ0v) is 6.43. The van der Waals surface area contributed by atoms with Crippen molar-refractivity contribution < 1.29 is 4.74 Å². The Kier molecular flexibility index (Phi) is 2.51. The van der Waals surface area contributed by atoms with Crippen LogP contribution in [0.25, 0.3) is 0 Å². The fourth-order valence-electron chi connectivity index (χ4n) is 0.618. The maximum absolute atomic E-state index is 5.59. The Bertz CT molecular complexity index is 215. The van der Waals surface area contributed by atoms with Gasteiger partial charge in [-0.3, -0.25) is 0 Å². The van der Waals surface area contributed by atoms with Crippen LogP contribution in [0, 0.1) is 0 Å². The number of pyridine rings is 1. The van der Waals surface area contributed by atoms with Gasteiger partial charge in [-0.25, -0.2) is 4.98 Å². The van der Waals surface area contributed by atoms with E-state index in [1.807, 2.05) is 6.92 Å². The minimum atomic E-state index is 0.464. The van der Waals surface area contributed by atoms with E-state index in [9.17, 15) is 0 Å². The standard InChI is InChI=1S/C7H8ClNO/c1-2-10-7-5-3-4-6(8)9-7/h3-5H,2H2,1H3. The normalized spacial score (nSPS) is 9.40. The first-order valence-electron chi connectivity index (χ1n) is 3.08. The molecule has 1 aromatic heterocycles. The van der Waals surface area contributed by atoms with Crippen LogP contribution in [0.2, 0.25) is 5.15 Å². The SMILES string of the molecule is CCOc1cccc(Cl)n1. The van der Waals surface area contributed by atoms with Crippen molar-refractivity contribution in [2.45, 2.75) is 6.92 Å². The summed E-state index contributed by atoms with van der Waals surface area (Å²) in [7, 11) is 0. The second-order valence-corrected chi connectivity index (χ2v) is 2.12. The Balaban J connectivity index is 2.75. The molecular weight excluding hydrogens is 150 g/mol. The van der Waals surface area contributed by atoms with E-state index in [2.05, 4.69) is 4.98 Å². The molecule has 0 aliphatic carbocycles. The molecule has 10 heavy (non-hydrogen) atoms.